The summed E-state index contributed by atoms with van der Waals surface area (Å²) in [7, 11) is 0. The molecule has 4 aromatic rings. The number of H-pyrrole nitrogens is 1. The second-order valence-electron chi connectivity index (χ2n) is 7.50. The van der Waals surface area contributed by atoms with Gasteiger partial charge in [-0.1, -0.05) is 67.6 Å². The molecule has 4 rings (SSSR count). The van der Waals surface area contributed by atoms with E-state index in [4.69, 9.17) is 5.11 Å². The van der Waals surface area contributed by atoms with Crippen LogP contribution in [-0.4, -0.2) is 21.3 Å². The maximum Gasteiger partial charge on any atom is 0.331 e. The van der Waals surface area contributed by atoms with Crippen LogP contribution in [0.3, 0.4) is 0 Å². The van der Waals surface area contributed by atoms with Crippen LogP contribution in [0.1, 0.15) is 42.5 Å². The number of nitrogens with one attached hydrogen (secondary N) is 1. The quantitative estimate of drug-likeness (QED) is 0.286. The summed E-state index contributed by atoms with van der Waals surface area (Å²) in [5.74, 6) is -0.907. The molecule has 0 amide bonds. The average molecular weight is 409 g/mol. The van der Waals surface area contributed by atoms with Crippen molar-refractivity contribution in [2.45, 2.75) is 20.3 Å². The van der Waals surface area contributed by atoms with Crippen molar-refractivity contribution in [3.63, 3.8) is 0 Å². The maximum atomic E-state index is 11.2. The minimum Gasteiger partial charge on any atom is -0.478 e. The van der Waals surface area contributed by atoms with Crippen LogP contribution < -0.4 is 0 Å². The number of hydrogen-bond donors (Lipinski definition) is 2. The van der Waals surface area contributed by atoms with E-state index in [1.165, 1.54) is 16.7 Å². The lowest BCUT2D eigenvalue weighted by Gasteiger charge is -2.17. The third-order valence-corrected chi connectivity index (χ3v) is 5.43. The smallest absolute Gasteiger partial charge is 0.331 e. The van der Waals surface area contributed by atoms with Gasteiger partial charge in [0.05, 0.1) is 11.7 Å². The molecule has 154 valence electrons. The summed E-state index contributed by atoms with van der Waals surface area (Å²) in [6, 6.07) is 24.8. The molecule has 1 heterocycles. The van der Waals surface area contributed by atoms with E-state index in [1.54, 1.807) is 13.0 Å². The van der Waals surface area contributed by atoms with Gasteiger partial charge in [-0.25, -0.2) is 4.79 Å². The van der Waals surface area contributed by atoms with E-state index in [1.807, 2.05) is 24.4 Å². The first kappa shape index (κ1) is 20.4. The molecule has 2 N–H and O–H groups in total. The average Bonchev–Trinajstić information content (AvgIpc) is 3.26. The molecule has 3 aromatic carbocycles. The zero-order valence-corrected chi connectivity index (χ0v) is 17.6. The van der Waals surface area contributed by atoms with Crippen molar-refractivity contribution in [1.82, 2.24) is 10.2 Å². The number of hydrogen-bond acceptors (Lipinski definition) is 2. The summed E-state index contributed by atoms with van der Waals surface area (Å²) in [6.45, 7) is 3.78. The fraction of sp³-hybridized carbons (Fsp3) is 0.111. The van der Waals surface area contributed by atoms with Gasteiger partial charge in [-0.15, -0.1) is 0 Å². The van der Waals surface area contributed by atoms with Gasteiger partial charge in [0.1, 0.15) is 0 Å². The molecule has 4 heteroatoms. The summed E-state index contributed by atoms with van der Waals surface area (Å²) in [4.78, 5) is 11.2. The van der Waals surface area contributed by atoms with Crippen molar-refractivity contribution in [3.05, 3.63) is 107 Å². The second-order valence-corrected chi connectivity index (χ2v) is 7.50. The molecule has 0 saturated heterocycles. The van der Waals surface area contributed by atoms with Gasteiger partial charge in [0.15, 0.2) is 0 Å². The molecule has 0 bridgehead atoms. The van der Waals surface area contributed by atoms with Crippen molar-refractivity contribution in [1.29, 1.82) is 0 Å². The molecule has 0 fully saturated rings. The first-order valence-corrected chi connectivity index (χ1v) is 10.3. The lowest BCUT2D eigenvalue weighted by molar-refractivity contribution is -0.132. The van der Waals surface area contributed by atoms with Crippen molar-refractivity contribution >= 4 is 34.1 Å². The van der Waals surface area contributed by atoms with Crippen LogP contribution in [0.4, 0.5) is 0 Å². The number of aromatic amines is 1. The molecule has 0 unspecified atom stereocenters. The van der Waals surface area contributed by atoms with Crippen molar-refractivity contribution in [2.75, 3.05) is 0 Å². The van der Waals surface area contributed by atoms with E-state index in [0.717, 1.165) is 34.0 Å². The SMILES string of the molecule is CC/C(=C(/c1ccc(/C=C(\C)C(=O)O)cc1)c1ccc2[nH]ncc2c1)c1ccccc1. The minimum atomic E-state index is -0.907. The summed E-state index contributed by atoms with van der Waals surface area (Å²) in [5, 5.41) is 17.4. The van der Waals surface area contributed by atoms with Crippen LogP contribution in [-0.2, 0) is 4.79 Å². The van der Waals surface area contributed by atoms with Gasteiger partial charge in [0, 0.05) is 11.0 Å². The molecule has 0 spiro atoms. The van der Waals surface area contributed by atoms with E-state index in [0.29, 0.717) is 5.57 Å². The lowest BCUT2D eigenvalue weighted by Crippen LogP contribution is -1.96. The molecule has 0 aliphatic carbocycles. The standard InChI is InChI=1S/C27H24N2O2/c1-3-24(20-7-5-4-6-8-20)26(22-13-14-25-23(16-22)17-28-29-25)21-11-9-19(10-12-21)15-18(2)27(30)31/h4-17H,3H2,1-2H3,(H,28,29)(H,30,31)/b18-15+,26-24+. The number of carboxylic acid groups (broad SMARTS) is 1. The van der Waals surface area contributed by atoms with Gasteiger partial charge in [0.25, 0.3) is 0 Å². The van der Waals surface area contributed by atoms with Crippen LogP contribution in [0.2, 0.25) is 0 Å². The van der Waals surface area contributed by atoms with Crippen LogP contribution >= 0.6 is 0 Å². The fourth-order valence-electron chi connectivity index (χ4n) is 3.84. The fourth-order valence-corrected chi connectivity index (χ4v) is 3.84. The van der Waals surface area contributed by atoms with Gasteiger partial charge < -0.3 is 5.11 Å². The summed E-state index contributed by atoms with van der Waals surface area (Å²) >= 11 is 0. The molecule has 0 atom stereocenters. The third kappa shape index (κ3) is 4.33. The number of aromatic nitrogens is 2. The molecule has 0 radical (unpaired) electrons. The Morgan fingerprint density at radius 1 is 0.968 bits per heavy atom. The Balaban J connectivity index is 1.89. The van der Waals surface area contributed by atoms with Gasteiger partial charge in [-0.3, -0.25) is 5.10 Å². The molecule has 1 aromatic heterocycles. The van der Waals surface area contributed by atoms with E-state index in [-0.39, 0.29) is 0 Å². The Labute approximate surface area is 181 Å². The third-order valence-electron chi connectivity index (χ3n) is 5.43. The van der Waals surface area contributed by atoms with Crippen LogP contribution in [0, 0.1) is 0 Å². The molecular formula is C27H24N2O2. The first-order chi connectivity index (χ1) is 15.1. The highest BCUT2D eigenvalue weighted by molar-refractivity contribution is 6.00. The number of benzene rings is 3. The van der Waals surface area contributed by atoms with Crippen LogP contribution in [0.25, 0.3) is 28.1 Å². The molecule has 4 nitrogen and oxygen atoms in total. The normalized spacial score (nSPS) is 12.6. The number of fused-ring (bicyclic) bond motifs is 1. The number of carboxylic acids is 1. The van der Waals surface area contributed by atoms with E-state index in [2.05, 4.69) is 71.7 Å². The Kier molecular flexibility index (Phi) is 5.80. The summed E-state index contributed by atoms with van der Waals surface area (Å²) in [6.07, 6.45) is 4.40. The summed E-state index contributed by atoms with van der Waals surface area (Å²) in [5.41, 5.74) is 8.02. The van der Waals surface area contributed by atoms with Crippen molar-refractivity contribution in [3.8, 4) is 0 Å². The molecule has 0 aliphatic heterocycles. The van der Waals surface area contributed by atoms with E-state index >= 15 is 0 Å². The molecule has 31 heavy (non-hydrogen) atoms. The summed E-state index contributed by atoms with van der Waals surface area (Å²) < 4.78 is 0. The Bertz CT molecular complexity index is 1280. The molecular weight excluding hydrogens is 384 g/mol. The van der Waals surface area contributed by atoms with Crippen molar-refractivity contribution in [2.24, 2.45) is 0 Å². The number of aliphatic carboxylic acids is 1. The highest BCUT2D eigenvalue weighted by atomic mass is 16.4. The first-order valence-electron chi connectivity index (χ1n) is 10.3. The largest absolute Gasteiger partial charge is 0.478 e. The molecule has 0 aliphatic rings. The van der Waals surface area contributed by atoms with Gasteiger partial charge >= 0.3 is 5.97 Å². The Morgan fingerprint density at radius 2 is 1.68 bits per heavy atom. The number of rotatable bonds is 6. The minimum absolute atomic E-state index is 0.312. The van der Waals surface area contributed by atoms with Crippen LogP contribution in [0.15, 0.2) is 84.6 Å². The predicted molar refractivity (Wildman–Crippen MR) is 126 cm³/mol. The van der Waals surface area contributed by atoms with Crippen LogP contribution in [0.5, 0.6) is 0 Å². The Hall–Kier alpha value is -3.92. The highest BCUT2D eigenvalue weighted by Crippen LogP contribution is 2.35. The highest BCUT2D eigenvalue weighted by Gasteiger charge is 2.14. The van der Waals surface area contributed by atoms with E-state index < -0.39 is 5.97 Å². The number of nitrogens with zero attached hydrogens (tertiary/aromatic N) is 1. The second kappa shape index (κ2) is 8.84. The lowest BCUT2D eigenvalue weighted by atomic mass is 9.87. The maximum absolute atomic E-state index is 11.2. The van der Waals surface area contributed by atoms with Gasteiger partial charge in [0.2, 0.25) is 0 Å². The number of carbonyl (C=O) groups is 1. The topological polar surface area (TPSA) is 66.0 Å². The van der Waals surface area contributed by atoms with Crippen molar-refractivity contribution < 1.29 is 9.90 Å². The van der Waals surface area contributed by atoms with E-state index in [9.17, 15) is 4.79 Å². The zero-order chi connectivity index (χ0) is 21.8. The number of allylic oxidation sites excluding steroid dienone is 1. The monoisotopic (exact) mass is 408 g/mol. The van der Waals surface area contributed by atoms with Gasteiger partial charge in [-0.2, -0.15) is 5.10 Å². The van der Waals surface area contributed by atoms with Gasteiger partial charge in [-0.05, 0) is 65.0 Å². The molecule has 0 saturated carbocycles. The Morgan fingerprint density at radius 3 is 2.35 bits per heavy atom. The zero-order valence-electron chi connectivity index (χ0n) is 17.6. The predicted octanol–water partition coefficient (Wildman–Crippen LogP) is 6.42.